The van der Waals surface area contributed by atoms with Crippen LogP contribution >= 0.6 is 0 Å². The second-order valence-electron chi connectivity index (χ2n) is 4.21. The summed E-state index contributed by atoms with van der Waals surface area (Å²) < 4.78 is 5.02. The number of methoxy groups -OCH3 is 1. The van der Waals surface area contributed by atoms with Gasteiger partial charge in [0, 0.05) is 12.2 Å². The molecule has 1 aromatic carbocycles. The monoisotopic (exact) mass is 267 g/mol. The smallest absolute Gasteiger partial charge is 0.323 e. The van der Waals surface area contributed by atoms with Gasteiger partial charge in [0.15, 0.2) is 0 Å². The molecule has 1 rings (SSSR count). The average Bonchev–Trinajstić information content (AvgIpc) is 2.37. The standard InChI is InChI=1S/C13H17NO5/c1-9(13(17)18)7-14(8-12(15)16)10-3-5-11(19-2)6-4-10/h3-6,9H,7-8H2,1-2H3,(H,15,16)(H,17,18). The van der Waals surface area contributed by atoms with Crippen LogP contribution in [0.1, 0.15) is 6.92 Å². The molecule has 0 bridgehead atoms. The fourth-order valence-corrected chi connectivity index (χ4v) is 1.63. The van der Waals surface area contributed by atoms with Gasteiger partial charge in [0.2, 0.25) is 0 Å². The summed E-state index contributed by atoms with van der Waals surface area (Å²) in [6, 6.07) is 6.82. The summed E-state index contributed by atoms with van der Waals surface area (Å²) in [5.41, 5.74) is 0.649. The summed E-state index contributed by atoms with van der Waals surface area (Å²) in [6.45, 7) is 1.43. The van der Waals surface area contributed by atoms with Gasteiger partial charge < -0.3 is 19.8 Å². The lowest BCUT2D eigenvalue weighted by Crippen LogP contribution is -2.35. The Bertz CT molecular complexity index is 443. The summed E-state index contributed by atoms with van der Waals surface area (Å²) in [5, 5.41) is 17.8. The van der Waals surface area contributed by atoms with Crippen LogP contribution in [-0.4, -0.2) is 42.4 Å². The number of carboxylic acid groups (broad SMARTS) is 2. The first-order valence-corrected chi connectivity index (χ1v) is 5.77. The van der Waals surface area contributed by atoms with Crippen LogP contribution in [0.25, 0.3) is 0 Å². The number of anilines is 1. The fourth-order valence-electron chi connectivity index (χ4n) is 1.63. The second-order valence-corrected chi connectivity index (χ2v) is 4.21. The minimum atomic E-state index is -1.01. The number of ether oxygens (including phenoxy) is 1. The maximum Gasteiger partial charge on any atom is 0.323 e. The number of benzene rings is 1. The van der Waals surface area contributed by atoms with Crippen molar-refractivity contribution in [1.82, 2.24) is 0 Å². The molecular weight excluding hydrogens is 250 g/mol. The van der Waals surface area contributed by atoms with Gasteiger partial charge in [-0.2, -0.15) is 0 Å². The van der Waals surface area contributed by atoms with E-state index in [-0.39, 0.29) is 13.1 Å². The molecule has 0 aliphatic carbocycles. The van der Waals surface area contributed by atoms with Crippen molar-refractivity contribution in [2.45, 2.75) is 6.92 Å². The quantitative estimate of drug-likeness (QED) is 0.774. The third kappa shape index (κ3) is 4.50. The Labute approximate surface area is 111 Å². The van der Waals surface area contributed by atoms with Gasteiger partial charge in [-0.15, -0.1) is 0 Å². The second kappa shape index (κ2) is 6.63. The molecule has 19 heavy (non-hydrogen) atoms. The van der Waals surface area contributed by atoms with Gasteiger partial charge in [-0.1, -0.05) is 6.92 Å². The predicted octanol–water partition coefficient (Wildman–Crippen LogP) is 1.31. The van der Waals surface area contributed by atoms with E-state index < -0.39 is 17.9 Å². The lowest BCUT2D eigenvalue weighted by molar-refractivity contribution is -0.141. The number of hydrogen-bond acceptors (Lipinski definition) is 4. The van der Waals surface area contributed by atoms with E-state index >= 15 is 0 Å². The van der Waals surface area contributed by atoms with Crippen LogP contribution in [-0.2, 0) is 9.59 Å². The van der Waals surface area contributed by atoms with Gasteiger partial charge in [-0.25, -0.2) is 0 Å². The van der Waals surface area contributed by atoms with E-state index in [9.17, 15) is 9.59 Å². The van der Waals surface area contributed by atoms with Crippen LogP contribution in [0.15, 0.2) is 24.3 Å². The summed E-state index contributed by atoms with van der Waals surface area (Å²) >= 11 is 0. The number of carboxylic acids is 2. The highest BCUT2D eigenvalue weighted by Crippen LogP contribution is 2.20. The lowest BCUT2D eigenvalue weighted by Gasteiger charge is -2.24. The SMILES string of the molecule is COc1ccc(N(CC(=O)O)CC(C)C(=O)O)cc1. The first-order chi connectivity index (χ1) is 8.93. The Kier molecular flexibility index (Phi) is 5.17. The highest BCUT2D eigenvalue weighted by atomic mass is 16.5. The van der Waals surface area contributed by atoms with Crippen LogP contribution in [0, 0.1) is 5.92 Å². The van der Waals surface area contributed by atoms with Crippen molar-refractivity contribution in [3.05, 3.63) is 24.3 Å². The maximum absolute atomic E-state index is 10.9. The van der Waals surface area contributed by atoms with Crippen LogP contribution in [0.4, 0.5) is 5.69 Å². The lowest BCUT2D eigenvalue weighted by atomic mass is 10.1. The van der Waals surface area contributed by atoms with E-state index in [0.717, 1.165) is 0 Å². The van der Waals surface area contributed by atoms with Crippen LogP contribution in [0.3, 0.4) is 0 Å². The number of rotatable bonds is 7. The Morgan fingerprint density at radius 2 is 1.84 bits per heavy atom. The van der Waals surface area contributed by atoms with Crippen molar-refractivity contribution in [3.63, 3.8) is 0 Å². The third-order valence-electron chi connectivity index (χ3n) is 2.68. The fraction of sp³-hybridized carbons (Fsp3) is 0.385. The number of aliphatic carboxylic acids is 2. The highest BCUT2D eigenvalue weighted by molar-refractivity contribution is 5.75. The molecule has 0 amide bonds. The minimum Gasteiger partial charge on any atom is -0.497 e. The molecule has 0 fully saturated rings. The van der Waals surface area contributed by atoms with Gasteiger partial charge in [0.1, 0.15) is 12.3 Å². The van der Waals surface area contributed by atoms with Gasteiger partial charge in [0.25, 0.3) is 0 Å². The Morgan fingerprint density at radius 1 is 1.26 bits per heavy atom. The molecule has 1 unspecified atom stereocenters. The van der Waals surface area contributed by atoms with E-state index in [1.807, 2.05) is 0 Å². The van der Waals surface area contributed by atoms with Gasteiger partial charge in [-0.3, -0.25) is 9.59 Å². The molecule has 0 aliphatic rings. The van der Waals surface area contributed by atoms with Gasteiger partial charge in [0.05, 0.1) is 13.0 Å². The van der Waals surface area contributed by atoms with Crippen LogP contribution in [0.5, 0.6) is 5.75 Å². The van der Waals surface area contributed by atoms with E-state index in [0.29, 0.717) is 11.4 Å². The molecule has 2 N–H and O–H groups in total. The minimum absolute atomic E-state index is 0.133. The average molecular weight is 267 g/mol. The van der Waals surface area contributed by atoms with Crippen molar-refractivity contribution in [2.24, 2.45) is 5.92 Å². The zero-order valence-electron chi connectivity index (χ0n) is 10.9. The van der Waals surface area contributed by atoms with Crippen molar-refractivity contribution in [1.29, 1.82) is 0 Å². The molecule has 0 radical (unpaired) electrons. The molecule has 6 heteroatoms. The summed E-state index contributed by atoms with van der Waals surface area (Å²) in [7, 11) is 1.54. The molecule has 0 saturated heterocycles. The molecule has 1 aromatic rings. The first kappa shape index (κ1) is 14.8. The number of hydrogen-bond donors (Lipinski definition) is 2. The predicted molar refractivity (Wildman–Crippen MR) is 69.6 cm³/mol. The molecule has 0 aromatic heterocycles. The molecule has 104 valence electrons. The third-order valence-corrected chi connectivity index (χ3v) is 2.68. The maximum atomic E-state index is 10.9. The normalized spacial score (nSPS) is 11.7. The van der Waals surface area contributed by atoms with Crippen LogP contribution < -0.4 is 9.64 Å². The zero-order chi connectivity index (χ0) is 14.4. The Morgan fingerprint density at radius 3 is 2.26 bits per heavy atom. The summed E-state index contributed by atoms with van der Waals surface area (Å²) in [4.78, 5) is 23.2. The first-order valence-electron chi connectivity index (χ1n) is 5.77. The van der Waals surface area contributed by atoms with E-state index in [2.05, 4.69) is 0 Å². The topological polar surface area (TPSA) is 87.1 Å². The molecule has 0 spiro atoms. The number of carbonyl (C=O) groups is 2. The molecule has 0 aliphatic heterocycles. The highest BCUT2D eigenvalue weighted by Gasteiger charge is 2.18. The zero-order valence-corrected chi connectivity index (χ0v) is 10.9. The molecular formula is C13H17NO5. The van der Waals surface area contributed by atoms with Crippen molar-refractivity contribution < 1.29 is 24.5 Å². The molecule has 0 saturated carbocycles. The van der Waals surface area contributed by atoms with Crippen LogP contribution in [0.2, 0.25) is 0 Å². The Hall–Kier alpha value is -2.24. The molecule has 1 atom stereocenters. The summed E-state index contributed by atoms with van der Waals surface area (Å²) in [6.07, 6.45) is 0. The Balaban J connectivity index is 2.88. The van der Waals surface area contributed by atoms with E-state index in [1.54, 1.807) is 31.2 Å². The largest absolute Gasteiger partial charge is 0.497 e. The van der Waals surface area contributed by atoms with Crippen molar-refractivity contribution >= 4 is 17.6 Å². The van der Waals surface area contributed by atoms with Gasteiger partial charge >= 0.3 is 11.9 Å². The molecule has 0 heterocycles. The van der Waals surface area contributed by atoms with Crippen molar-refractivity contribution in [3.8, 4) is 5.75 Å². The summed E-state index contributed by atoms with van der Waals surface area (Å²) in [5.74, 6) is -1.95. The van der Waals surface area contributed by atoms with E-state index in [1.165, 1.54) is 12.0 Å². The van der Waals surface area contributed by atoms with Crippen molar-refractivity contribution in [2.75, 3.05) is 25.1 Å². The van der Waals surface area contributed by atoms with Gasteiger partial charge in [-0.05, 0) is 24.3 Å². The van der Waals surface area contributed by atoms with E-state index in [4.69, 9.17) is 14.9 Å². The molecule has 6 nitrogen and oxygen atoms in total. The number of nitrogens with zero attached hydrogens (tertiary/aromatic N) is 1.